The number of likely N-dealkylation sites (tertiary alicyclic amines) is 1. The Bertz CT molecular complexity index is 472. The van der Waals surface area contributed by atoms with Gasteiger partial charge in [-0.1, -0.05) is 6.07 Å². The SMILES string of the molecule is CNC(=S)N1CC(Oc2cccc(C(F)(F)F)c2)C1. The third-order valence-corrected chi connectivity index (χ3v) is 3.28. The highest BCUT2D eigenvalue weighted by atomic mass is 32.1. The van der Waals surface area contributed by atoms with Crippen molar-refractivity contribution in [3.63, 3.8) is 0 Å². The second-order valence-corrected chi connectivity index (χ2v) is 4.61. The molecule has 0 radical (unpaired) electrons. The molecule has 0 saturated carbocycles. The third-order valence-electron chi connectivity index (χ3n) is 2.81. The highest BCUT2D eigenvalue weighted by Crippen LogP contribution is 2.31. The Morgan fingerprint density at radius 2 is 2.11 bits per heavy atom. The van der Waals surface area contributed by atoms with Gasteiger partial charge in [-0.2, -0.15) is 13.2 Å². The molecular weight excluding hydrogens is 277 g/mol. The summed E-state index contributed by atoms with van der Waals surface area (Å²) in [6.45, 7) is 1.16. The number of alkyl halides is 3. The largest absolute Gasteiger partial charge is 0.487 e. The quantitative estimate of drug-likeness (QED) is 0.845. The number of hydrogen-bond acceptors (Lipinski definition) is 2. The molecule has 0 spiro atoms. The first-order chi connectivity index (χ1) is 8.90. The Kier molecular flexibility index (Phi) is 3.84. The van der Waals surface area contributed by atoms with Crippen LogP contribution in [0.4, 0.5) is 13.2 Å². The van der Waals surface area contributed by atoms with Crippen LogP contribution in [0, 0.1) is 0 Å². The minimum atomic E-state index is -4.35. The van der Waals surface area contributed by atoms with Gasteiger partial charge >= 0.3 is 6.18 Å². The molecule has 1 fully saturated rings. The molecule has 0 aromatic heterocycles. The van der Waals surface area contributed by atoms with Crippen molar-refractivity contribution >= 4 is 17.3 Å². The fourth-order valence-corrected chi connectivity index (χ4v) is 1.92. The molecular formula is C12H13F3N2OS. The van der Waals surface area contributed by atoms with E-state index in [1.807, 2.05) is 4.90 Å². The Labute approximate surface area is 114 Å². The lowest BCUT2D eigenvalue weighted by Gasteiger charge is -2.40. The molecule has 1 saturated heterocycles. The van der Waals surface area contributed by atoms with Crippen molar-refractivity contribution in [1.29, 1.82) is 0 Å². The first kappa shape index (κ1) is 13.9. The maximum absolute atomic E-state index is 12.5. The van der Waals surface area contributed by atoms with E-state index in [0.717, 1.165) is 12.1 Å². The van der Waals surface area contributed by atoms with E-state index in [0.29, 0.717) is 18.2 Å². The number of ether oxygens (including phenoxy) is 1. The van der Waals surface area contributed by atoms with Gasteiger partial charge in [-0.25, -0.2) is 0 Å². The van der Waals surface area contributed by atoms with E-state index in [9.17, 15) is 13.2 Å². The summed E-state index contributed by atoms with van der Waals surface area (Å²) in [5.74, 6) is 0.231. The summed E-state index contributed by atoms with van der Waals surface area (Å²) in [7, 11) is 1.73. The van der Waals surface area contributed by atoms with Crippen LogP contribution < -0.4 is 10.1 Å². The standard InChI is InChI=1S/C12H13F3N2OS/c1-16-11(19)17-6-10(7-17)18-9-4-2-3-8(5-9)12(13,14)15/h2-5,10H,6-7H2,1H3,(H,16,19). The lowest BCUT2D eigenvalue weighted by atomic mass is 10.1. The van der Waals surface area contributed by atoms with Crippen LogP contribution in [0.5, 0.6) is 5.75 Å². The summed E-state index contributed by atoms with van der Waals surface area (Å²) in [5, 5.41) is 3.45. The van der Waals surface area contributed by atoms with E-state index in [1.54, 1.807) is 7.05 Å². The van der Waals surface area contributed by atoms with Crippen molar-refractivity contribution in [3.05, 3.63) is 29.8 Å². The molecule has 19 heavy (non-hydrogen) atoms. The smallest absolute Gasteiger partial charge is 0.416 e. The molecule has 2 rings (SSSR count). The number of benzene rings is 1. The van der Waals surface area contributed by atoms with E-state index in [-0.39, 0.29) is 11.9 Å². The van der Waals surface area contributed by atoms with Gasteiger partial charge in [0.1, 0.15) is 11.9 Å². The zero-order valence-electron chi connectivity index (χ0n) is 10.2. The molecule has 0 aliphatic carbocycles. The van der Waals surface area contributed by atoms with Gasteiger partial charge in [-0.05, 0) is 30.4 Å². The Hall–Kier alpha value is -1.50. The fourth-order valence-electron chi connectivity index (χ4n) is 1.77. The average Bonchev–Trinajstić information content (AvgIpc) is 2.31. The van der Waals surface area contributed by atoms with E-state index in [2.05, 4.69) is 5.32 Å². The number of thiocarbonyl (C=S) groups is 1. The van der Waals surface area contributed by atoms with Crippen LogP contribution in [-0.2, 0) is 6.18 Å². The van der Waals surface area contributed by atoms with Gasteiger partial charge in [-0.3, -0.25) is 0 Å². The number of rotatable bonds is 2. The van der Waals surface area contributed by atoms with Gasteiger partial charge in [0.25, 0.3) is 0 Å². The van der Waals surface area contributed by atoms with Crippen molar-refractivity contribution in [1.82, 2.24) is 10.2 Å². The predicted octanol–water partition coefficient (Wildman–Crippen LogP) is 2.27. The van der Waals surface area contributed by atoms with Crippen LogP contribution in [0.2, 0.25) is 0 Å². The molecule has 1 heterocycles. The maximum atomic E-state index is 12.5. The van der Waals surface area contributed by atoms with Gasteiger partial charge in [-0.15, -0.1) is 0 Å². The van der Waals surface area contributed by atoms with Crippen LogP contribution in [0.3, 0.4) is 0 Å². The highest BCUT2D eigenvalue weighted by Gasteiger charge is 2.32. The topological polar surface area (TPSA) is 24.5 Å². The van der Waals surface area contributed by atoms with Gasteiger partial charge in [0.05, 0.1) is 18.7 Å². The van der Waals surface area contributed by atoms with E-state index < -0.39 is 11.7 Å². The van der Waals surface area contributed by atoms with Gasteiger partial charge in [0.2, 0.25) is 0 Å². The van der Waals surface area contributed by atoms with Crippen LogP contribution in [0.1, 0.15) is 5.56 Å². The first-order valence-corrected chi connectivity index (χ1v) is 6.11. The van der Waals surface area contributed by atoms with Gasteiger partial charge < -0.3 is 15.0 Å². The average molecular weight is 290 g/mol. The van der Waals surface area contributed by atoms with Crippen LogP contribution in [0.25, 0.3) is 0 Å². The summed E-state index contributed by atoms with van der Waals surface area (Å²) in [6, 6.07) is 4.90. The van der Waals surface area contributed by atoms with E-state index in [4.69, 9.17) is 17.0 Å². The zero-order valence-corrected chi connectivity index (χ0v) is 11.0. The summed E-state index contributed by atoms with van der Waals surface area (Å²) in [4.78, 5) is 1.88. The normalized spacial score (nSPS) is 15.9. The third kappa shape index (κ3) is 3.28. The summed E-state index contributed by atoms with van der Waals surface area (Å²) in [6.07, 6.45) is -4.48. The van der Waals surface area contributed by atoms with Crippen LogP contribution in [0.15, 0.2) is 24.3 Å². The Balaban J connectivity index is 1.93. The monoisotopic (exact) mass is 290 g/mol. The molecule has 1 N–H and O–H groups in total. The molecule has 0 amide bonds. The summed E-state index contributed by atoms with van der Waals surface area (Å²) < 4.78 is 43.1. The van der Waals surface area contributed by atoms with Crippen molar-refractivity contribution in [3.8, 4) is 5.75 Å². The molecule has 0 unspecified atom stereocenters. The van der Waals surface area contributed by atoms with Crippen LogP contribution in [-0.4, -0.2) is 36.3 Å². The second-order valence-electron chi connectivity index (χ2n) is 4.23. The van der Waals surface area contributed by atoms with Crippen molar-refractivity contribution < 1.29 is 17.9 Å². The number of hydrogen-bond donors (Lipinski definition) is 1. The number of nitrogens with zero attached hydrogens (tertiary/aromatic N) is 1. The molecule has 3 nitrogen and oxygen atoms in total. The molecule has 1 aliphatic heterocycles. The Morgan fingerprint density at radius 1 is 1.42 bits per heavy atom. The first-order valence-electron chi connectivity index (χ1n) is 5.70. The number of halogens is 3. The van der Waals surface area contributed by atoms with Crippen molar-refractivity contribution in [2.24, 2.45) is 0 Å². The van der Waals surface area contributed by atoms with Gasteiger partial charge in [0.15, 0.2) is 5.11 Å². The fraction of sp³-hybridized carbons (Fsp3) is 0.417. The second kappa shape index (κ2) is 5.24. The van der Waals surface area contributed by atoms with E-state index >= 15 is 0 Å². The van der Waals surface area contributed by atoms with Crippen LogP contribution >= 0.6 is 12.2 Å². The zero-order chi connectivity index (χ0) is 14.0. The predicted molar refractivity (Wildman–Crippen MR) is 69.1 cm³/mol. The molecule has 1 aromatic carbocycles. The van der Waals surface area contributed by atoms with Gasteiger partial charge in [0, 0.05) is 7.05 Å². The molecule has 1 aliphatic rings. The molecule has 0 atom stereocenters. The highest BCUT2D eigenvalue weighted by molar-refractivity contribution is 7.80. The molecule has 0 bridgehead atoms. The van der Waals surface area contributed by atoms with Crippen molar-refractivity contribution in [2.75, 3.05) is 20.1 Å². The molecule has 1 aromatic rings. The summed E-state index contributed by atoms with van der Waals surface area (Å²) >= 11 is 5.03. The molecule has 104 valence electrons. The maximum Gasteiger partial charge on any atom is 0.416 e. The Morgan fingerprint density at radius 3 is 2.68 bits per heavy atom. The summed E-state index contributed by atoms with van der Waals surface area (Å²) in [5.41, 5.74) is -0.702. The lowest BCUT2D eigenvalue weighted by molar-refractivity contribution is -0.137. The lowest BCUT2D eigenvalue weighted by Crippen LogP contribution is -2.58. The number of nitrogens with one attached hydrogen (secondary N) is 1. The molecule has 7 heteroatoms. The minimum absolute atomic E-state index is 0.130. The van der Waals surface area contributed by atoms with Crippen molar-refractivity contribution in [2.45, 2.75) is 12.3 Å². The minimum Gasteiger partial charge on any atom is -0.487 e. The van der Waals surface area contributed by atoms with E-state index in [1.165, 1.54) is 12.1 Å².